The quantitative estimate of drug-likeness (QED) is 0.339. The van der Waals surface area contributed by atoms with E-state index in [0.717, 1.165) is 0 Å². The van der Waals surface area contributed by atoms with Crippen molar-refractivity contribution in [1.29, 1.82) is 0 Å². The van der Waals surface area contributed by atoms with Crippen LogP contribution in [0.15, 0.2) is 0 Å². The van der Waals surface area contributed by atoms with Crippen LogP contribution in [-0.2, 0) is 20.6 Å². The number of hydrogen-bond donors (Lipinski definition) is 0. The maximum absolute atomic E-state index is 3.77. The summed E-state index contributed by atoms with van der Waals surface area (Å²) in [7, 11) is 0. The van der Waals surface area contributed by atoms with Crippen molar-refractivity contribution in [2.45, 2.75) is 83.1 Å². The van der Waals surface area contributed by atoms with Crippen LogP contribution in [0.4, 0.5) is 0 Å². The van der Waals surface area contributed by atoms with Crippen molar-refractivity contribution >= 4 is 4.23 Å². The van der Waals surface area contributed by atoms with Gasteiger partial charge in [0.2, 0.25) is 0 Å². The zero-order valence-electron chi connectivity index (χ0n) is 17.1. The zero-order valence-corrected chi connectivity index (χ0v) is 20.4. The van der Waals surface area contributed by atoms with Crippen molar-refractivity contribution in [3.05, 3.63) is 20.8 Å². The standard InChI is InChI=1S/3C5H11.C5H10.Ta/c4*1-5(2,3)4;/h3*1H2,2-4H3;1H,2-4H3;/q3*-1;;. The molecule has 0 atom stereocenters. The Kier molecular flexibility index (Phi) is 17.0. The van der Waals surface area contributed by atoms with E-state index >= 15 is 0 Å². The maximum Gasteiger partial charge on any atom is -0.0878 e. The van der Waals surface area contributed by atoms with E-state index in [1.165, 1.54) is 20.6 Å². The van der Waals surface area contributed by atoms with E-state index < -0.39 is 0 Å². The van der Waals surface area contributed by atoms with Crippen molar-refractivity contribution in [2.75, 3.05) is 0 Å². The Morgan fingerprint density at radius 2 is 0.571 bits per heavy atom. The summed E-state index contributed by atoms with van der Waals surface area (Å²) in [5, 5.41) is 0. The Hall–Kier alpha value is 0.610. The predicted molar refractivity (Wildman–Crippen MR) is 100.0 cm³/mol. The second-order valence-corrected chi connectivity index (χ2v) is 11.1. The first-order valence-electron chi connectivity index (χ1n) is 7.61. The van der Waals surface area contributed by atoms with Gasteiger partial charge >= 0.3 is 51.0 Å². The fourth-order valence-corrected chi connectivity index (χ4v) is 0. The van der Waals surface area contributed by atoms with Gasteiger partial charge in [0.15, 0.2) is 0 Å². The van der Waals surface area contributed by atoms with E-state index in [1.54, 1.807) is 0 Å². The Morgan fingerprint density at radius 1 is 0.524 bits per heavy atom. The Labute approximate surface area is 150 Å². The fraction of sp³-hybridized carbons (Fsp3) is 0.800. The van der Waals surface area contributed by atoms with Crippen LogP contribution in [0.5, 0.6) is 0 Å². The third-order valence-electron chi connectivity index (χ3n) is 0.387. The summed E-state index contributed by atoms with van der Waals surface area (Å²) in [5.41, 5.74) is 1.22. The van der Waals surface area contributed by atoms with Crippen molar-refractivity contribution in [1.82, 2.24) is 0 Å². The van der Waals surface area contributed by atoms with Crippen LogP contribution in [-0.4, -0.2) is 4.23 Å². The molecule has 0 aliphatic heterocycles. The molecule has 0 N–H and O–H groups in total. The maximum atomic E-state index is 3.77. The first kappa shape index (κ1) is 29.6. The van der Waals surface area contributed by atoms with Crippen molar-refractivity contribution in [3.63, 3.8) is 0 Å². The van der Waals surface area contributed by atoms with Gasteiger partial charge in [0.25, 0.3) is 0 Å². The molecule has 1 heteroatoms. The molecule has 0 amide bonds. The monoisotopic (exact) mass is 464 g/mol. The van der Waals surface area contributed by atoms with E-state index in [0.29, 0.717) is 5.41 Å². The van der Waals surface area contributed by atoms with E-state index in [1.807, 2.05) is 0 Å². The minimum atomic E-state index is 0.250. The Morgan fingerprint density at radius 3 is 0.571 bits per heavy atom. The zero-order chi connectivity index (χ0) is 18.7. The summed E-state index contributed by atoms with van der Waals surface area (Å²) in [6.07, 6.45) is 0. The molecular formula is C20H43Ta-3. The first-order chi connectivity index (χ1) is 8.56. The molecule has 0 saturated carbocycles. The topological polar surface area (TPSA) is 0 Å². The molecule has 0 aliphatic rings. The molecule has 21 heavy (non-hydrogen) atoms. The molecule has 0 nitrogen and oxygen atoms in total. The second-order valence-electron chi connectivity index (χ2n) is 10.2. The van der Waals surface area contributed by atoms with Gasteiger partial charge in [0.05, 0.1) is 0 Å². The Balaban J connectivity index is -0.0000000921. The van der Waals surface area contributed by atoms with Crippen molar-refractivity contribution < 1.29 is 20.6 Å². The van der Waals surface area contributed by atoms with Crippen LogP contribution >= 0.6 is 0 Å². The minimum Gasteiger partial charge on any atom is -0.338 e. The van der Waals surface area contributed by atoms with Crippen LogP contribution in [0.25, 0.3) is 0 Å². The third kappa shape index (κ3) is 548. The molecule has 0 aromatic heterocycles. The van der Waals surface area contributed by atoms with Gasteiger partial charge in [0.1, 0.15) is 0 Å². The summed E-state index contributed by atoms with van der Waals surface area (Å²) >= 11 is 1.40. The minimum absolute atomic E-state index is 0.250. The summed E-state index contributed by atoms with van der Waals surface area (Å²) in [5.74, 6) is 0. The average molecular weight is 465 g/mol. The van der Waals surface area contributed by atoms with Gasteiger partial charge in [-0.3, -0.25) is 0 Å². The summed E-state index contributed by atoms with van der Waals surface area (Å²) in [6, 6.07) is 0. The van der Waals surface area contributed by atoms with Crippen molar-refractivity contribution in [3.8, 4) is 0 Å². The molecule has 0 spiro atoms. The third-order valence-corrected chi connectivity index (χ3v) is 3.17. The van der Waals surface area contributed by atoms with Gasteiger partial charge in [-0.2, -0.15) is 16.2 Å². The van der Waals surface area contributed by atoms with Gasteiger partial charge in [-0.15, -0.1) is 0 Å². The normalized spacial score (nSPS) is 11.7. The molecule has 0 rings (SSSR count). The van der Waals surface area contributed by atoms with Crippen molar-refractivity contribution in [2.24, 2.45) is 21.7 Å². The smallest absolute Gasteiger partial charge is 0.0878 e. The summed E-state index contributed by atoms with van der Waals surface area (Å²) in [6.45, 7) is 36.6. The van der Waals surface area contributed by atoms with Gasteiger partial charge in [-0.1, -0.05) is 62.3 Å². The number of hydrogen-bond acceptors (Lipinski definition) is 0. The van der Waals surface area contributed by atoms with Crippen LogP contribution in [0, 0.1) is 42.4 Å². The largest absolute Gasteiger partial charge is 0.338 e. The number of rotatable bonds is 0. The van der Waals surface area contributed by atoms with Crippen LogP contribution < -0.4 is 0 Å². The van der Waals surface area contributed by atoms with Crippen LogP contribution in [0.3, 0.4) is 0 Å². The molecule has 0 unspecified atom stereocenters. The fourth-order valence-electron chi connectivity index (χ4n) is 0. The van der Waals surface area contributed by atoms with Gasteiger partial charge < -0.3 is 20.8 Å². The van der Waals surface area contributed by atoms with E-state index in [9.17, 15) is 0 Å². The van der Waals surface area contributed by atoms with E-state index in [4.69, 9.17) is 0 Å². The molecule has 0 saturated heterocycles. The van der Waals surface area contributed by atoms with Crippen LogP contribution in [0.2, 0.25) is 0 Å². The summed E-state index contributed by atoms with van der Waals surface area (Å²) in [4.78, 5) is 0. The first-order valence-corrected chi connectivity index (χ1v) is 9.46. The van der Waals surface area contributed by atoms with Gasteiger partial charge in [-0.25, -0.2) is 0 Å². The molecular weight excluding hydrogens is 421 g/mol. The van der Waals surface area contributed by atoms with E-state index in [2.05, 4.69) is 108 Å². The summed E-state index contributed by atoms with van der Waals surface area (Å²) < 4.78 is 2.30. The molecule has 0 fully saturated rings. The molecule has 0 aliphatic carbocycles. The Bertz CT molecular complexity index is 176. The SMILES string of the molecule is CC(C)(C)[CH]=[Ta].[CH2-]C(C)(C)C.[CH2-]C(C)(C)C.[CH2-]C(C)(C)C. The van der Waals surface area contributed by atoms with E-state index in [-0.39, 0.29) is 16.2 Å². The van der Waals surface area contributed by atoms with Crippen LogP contribution in [0.1, 0.15) is 83.1 Å². The molecule has 0 heterocycles. The molecule has 0 aromatic rings. The molecule has 0 bridgehead atoms. The molecule has 0 aromatic carbocycles. The second kappa shape index (κ2) is 12.1. The van der Waals surface area contributed by atoms with Gasteiger partial charge in [-0.05, 0) is 0 Å². The predicted octanol–water partition coefficient (Wildman–Crippen LogP) is 6.98. The molecule has 0 radical (unpaired) electrons. The average Bonchev–Trinajstić information content (AvgIpc) is 1.91. The van der Waals surface area contributed by atoms with Gasteiger partial charge in [0, 0.05) is 0 Å². The molecule has 131 valence electrons.